The Morgan fingerprint density at radius 1 is 1.31 bits per heavy atom. The number of carboxylic acid groups (broad SMARTS) is 1. The molecule has 2 aromatic carbocycles. The van der Waals surface area contributed by atoms with E-state index in [2.05, 4.69) is 5.10 Å². The van der Waals surface area contributed by atoms with Gasteiger partial charge in [0, 0.05) is 21.5 Å². The number of nitrogens with zero attached hydrogens (tertiary/aromatic N) is 2. The van der Waals surface area contributed by atoms with E-state index in [-0.39, 0.29) is 41.2 Å². The molecule has 0 amide bonds. The van der Waals surface area contributed by atoms with E-state index in [0.29, 0.717) is 17.0 Å². The number of carbonyl (C=O) groups excluding carboxylic acids is 1. The maximum Gasteiger partial charge on any atom is 1.00 e. The fraction of sp³-hybridized carbons (Fsp3) is 0.263. The molecule has 0 atom stereocenters. The van der Waals surface area contributed by atoms with Gasteiger partial charge in [0.05, 0.1) is 30.3 Å². The fourth-order valence-corrected chi connectivity index (χ4v) is 3.22. The van der Waals surface area contributed by atoms with Crippen molar-refractivity contribution >= 4 is 28.5 Å². The predicted octanol–water partition coefficient (Wildman–Crippen LogP) is 0.0368. The smallest absolute Gasteiger partial charge is 0.545 e. The minimum absolute atomic E-state index is 0. The Bertz CT molecular complexity index is 953. The van der Waals surface area contributed by atoms with Gasteiger partial charge in [-0.25, -0.2) is 0 Å². The molecule has 1 aliphatic carbocycles. The van der Waals surface area contributed by atoms with Crippen LogP contribution in [0.4, 0.5) is 0 Å². The van der Waals surface area contributed by atoms with Gasteiger partial charge in [0.15, 0.2) is 0 Å². The van der Waals surface area contributed by atoms with Crippen LogP contribution in [0.5, 0.6) is 5.75 Å². The molecule has 128 valence electrons. The Labute approximate surface area is 178 Å². The Morgan fingerprint density at radius 3 is 2.81 bits per heavy atom. The Kier molecular flexibility index (Phi) is 5.92. The van der Waals surface area contributed by atoms with E-state index in [4.69, 9.17) is 16.3 Å². The maximum atomic E-state index is 11.3. The van der Waals surface area contributed by atoms with Crippen LogP contribution in [0.15, 0.2) is 42.6 Å². The summed E-state index contributed by atoms with van der Waals surface area (Å²) in [6.07, 6.45) is 5.16. The Balaban J connectivity index is 0.00000196. The average molecular weight is 379 g/mol. The fourth-order valence-electron chi connectivity index (χ4n) is 3.02. The molecule has 1 aliphatic rings. The maximum absolute atomic E-state index is 11.3. The van der Waals surface area contributed by atoms with Crippen LogP contribution in [-0.2, 0) is 6.54 Å². The zero-order chi connectivity index (χ0) is 17.4. The van der Waals surface area contributed by atoms with Crippen molar-refractivity contribution in [3.05, 3.63) is 58.7 Å². The summed E-state index contributed by atoms with van der Waals surface area (Å²) in [5, 5.41) is 16.8. The number of rotatable bonds is 5. The van der Waals surface area contributed by atoms with E-state index in [9.17, 15) is 9.90 Å². The number of ether oxygens (including phenoxy) is 1. The monoisotopic (exact) mass is 378 g/mol. The van der Waals surface area contributed by atoms with Crippen LogP contribution in [-0.4, -0.2) is 21.9 Å². The summed E-state index contributed by atoms with van der Waals surface area (Å²) in [5.74, 6) is -0.407. The zero-order valence-electron chi connectivity index (χ0n) is 14.4. The molecule has 0 saturated heterocycles. The van der Waals surface area contributed by atoms with Gasteiger partial charge in [-0.15, -0.1) is 0 Å². The van der Waals surface area contributed by atoms with E-state index < -0.39 is 5.97 Å². The minimum Gasteiger partial charge on any atom is -0.545 e. The van der Waals surface area contributed by atoms with E-state index in [1.807, 2.05) is 24.3 Å². The third kappa shape index (κ3) is 3.76. The molecule has 0 radical (unpaired) electrons. The molecule has 4 rings (SSSR count). The SMILES string of the molecule is O=C([O-])c1cccc2c1cnn2Cc1cc(Cl)ccc1OC1CCC1.[Na+]. The van der Waals surface area contributed by atoms with Gasteiger partial charge in [-0.3, -0.25) is 4.68 Å². The van der Waals surface area contributed by atoms with Crippen LogP contribution in [0.3, 0.4) is 0 Å². The first-order valence-corrected chi connectivity index (χ1v) is 8.60. The second kappa shape index (κ2) is 8.01. The van der Waals surface area contributed by atoms with Crippen molar-refractivity contribution in [2.24, 2.45) is 0 Å². The first kappa shape index (κ1) is 19.2. The van der Waals surface area contributed by atoms with Gasteiger partial charge in [-0.05, 0) is 43.5 Å². The second-order valence-corrected chi connectivity index (χ2v) is 6.69. The summed E-state index contributed by atoms with van der Waals surface area (Å²) < 4.78 is 7.81. The Hall–Kier alpha value is -1.53. The van der Waals surface area contributed by atoms with Gasteiger partial charge < -0.3 is 14.6 Å². The number of aromatic nitrogens is 2. The van der Waals surface area contributed by atoms with Gasteiger partial charge in [0.1, 0.15) is 5.75 Å². The molecule has 26 heavy (non-hydrogen) atoms. The van der Waals surface area contributed by atoms with Crippen molar-refractivity contribution in [1.29, 1.82) is 0 Å². The van der Waals surface area contributed by atoms with Crippen molar-refractivity contribution in [2.75, 3.05) is 0 Å². The van der Waals surface area contributed by atoms with E-state index in [1.165, 1.54) is 12.5 Å². The van der Waals surface area contributed by atoms with Crippen LogP contribution in [0.2, 0.25) is 5.02 Å². The molecule has 3 aromatic rings. The number of fused-ring (bicyclic) bond motifs is 1. The van der Waals surface area contributed by atoms with Crippen molar-refractivity contribution in [1.82, 2.24) is 9.78 Å². The summed E-state index contributed by atoms with van der Waals surface area (Å²) in [5.41, 5.74) is 1.79. The molecule has 5 nitrogen and oxygen atoms in total. The normalized spacial score (nSPS) is 13.9. The molecule has 0 spiro atoms. The second-order valence-electron chi connectivity index (χ2n) is 6.25. The summed E-state index contributed by atoms with van der Waals surface area (Å²) in [4.78, 5) is 11.3. The average Bonchev–Trinajstić information content (AvgIpc) is 2.95. The van der Waals surface area contributed by atoms with Crippen LogP contribution in [0.1, 0.15) is 35.2 Å². The largest absolute Gasteiger partial charge is 1.00 e. The number of hydrogen-bond donors (Lipinski definition) is 0. The number of carboxylic acids is 1. The molecule has 1 aromatic heterocycles. The number of aromatic carboxylic acids is 1. The first-order valence-electron chi connectivity index (χ1n) is 8.23. The topological polar surface area (TPSA) is 67.2 Å². The van der Waals surface area contributed by atoms with E-state index in [0.717, 1.165) is 29.7 Å². The zero-order valence-corrected chi connectivity index (χ0v) is 17.2. The third-order valence-corrected chi connectivity index (χ3v) is 4.83. The summed E-state index contributed by atoms with van der Waals surface area (Å²) in [7, 11) is 0. The van der Waals surface area contributed by atoms with Crippen molar-refractivity contribution in [2.45, 2.75) is 31.9 Å². The molecule has 0 aliphatic heterocycles. The molecular weight excluding hydrogens is 363 g/mol. The number of hydrogen-bond acceptors (Lipinski definition) is 4. The van der Waals surface area contributed by atoms with Crippen molar-refractivity contribution < 1.29 is 44.2 Å². The third-order valence-electron chi connectivity index (χ3n) is 4.60. The first-order chi connectivity index (χ1) is 12.1. The quantitative estimate of drug-likeness (QED) is 0.588. The number of carbonyl (C=O) groups is 1. The molecule has 0 bridgehead atoms. The summed E-state index contributed by atoms with van der Waals surface area (Å²) in [6.45, 7) is 0.447. The molecule has 7 heteroatoms. The van der Waals surface area contributed by atoms with Crippen molar-refractivity contribution in [3.8, 4) is 5.75 Å². The van der Waals surface area contributed by atoms with Gasteiger partial charge in [-0.1, -0.05) is 23.7 Å². The van der Waals surface area contributed by atoms with Crippen LogP contribution >= 0.6 is 11.6 Å². The molecule has 0 N–H and O–H groups in total. The van der Waals surface area contributed by atoms with Gasteiger partial charge in [-0.2, -0.15) is 5.10 Å². The van der Waals surface area contributed by atoms with Gasteiger partial charge in [0.25, 0.3) is 0 Å². The minimum atomic E-state index is -1.21. The van der Waals surface area contributed by atoms with E-state index in [1.54, 1.807) is 16.9 Å². The van der Waals surface area contributed by atoms with Gasteiger partial charge >= 0.3 is 29.6 Å². The van der Waals surface area contributed by atoms with Crippen LogP contribution in [0.25, 0.3) is 10.9 Å². The Morgan fingerprint density at radius 2 is 2.12 bits per heavy atom. The van der Waals surface area contributed by atoms with Gasteiger partial charge in [0.2, 0.25) is 0 Å². The van der Waals surface area contributed by atoms with Crippen molar-refractivity contribution in [3.63, 3.8) is 0 Å². The summed E-state index contributed by atoms with van der Waals surface area (Å²) in [6, 6.07) is 10.6. The predicted molar refractivity (Wildman–Crippen MR) is 92.9 cm³/mol. The van der Waals surface area contributed by atoms with Crippen LogP contribution < -0.4 is 39.4 Å². The van der Waals surface area contributed by atoms with E-state index >= 15 is 0 Å². The standard InChI is InChI=1S/C19H17ClN2O3.Na/c20-13-7-8-18(25-14-3-1-4-14)12(9-13)11-22-17-6-2-5-15(19(23)24)16(17)10-21-22;/h2,5-10,14H,1,3-4,11H2,(H,23,24);/q;+1/p-1. The molecule has 1 saturated carbocycles. The number of benzene rings is 2. The summed E-state index contributed by atoms with van der Waals surface area (Å²) >= 11 is 6.16. The van der Waals surface area contributed by atoms with Crippen LogP contribution in [0, 0.1) is 0 Å². The number of halogens is 1. The molecule has 1 fully saturated rings. The molecular formula is C19H16ClN2NaO3. The molecule has 1 heterocycles. The molecule has 0 unspecified atom stereocenters.